The van der Waals surface area contributed by atoms with E-state index in [-0.39, 0.29) is 0 Å². The van der Waals surface area contributed by atoms with Crippen LogP contribution in [0.4, 0.5) is 0 Å². The first kappa shape index (κ1) is 16.4. The van der Waals surface area contributed by atoms with Gasteiger partial charge in [-0.1, -0.05) is 13.8 Å². The van der Waals surface area contributed by atoms with Crippen molar-refractivity contribution in [3.05, 3.63) is 22.3 Å². The van der Waals surface area contributed by atoms with Gasteiger partial charge in [-0.15, -0.1) is 0 Å². The van der Waals surface area contributed by atoms with Crippen molar-refractivity contribution in [3.63, 3.8) is 0 Å². The van der Waals surface area contributed by atoms with Crippen LogP contribution in [0.5, 0.6) is 5.88 Å². The smallest absolute Gasteiger partial charge is 0.217 e. The molecule has 0 radical (unpaired) electrons. The first-order valence-electron chi connectivity index (χ1n) is 6.83. The van der Waals surface area contributed by atoms with Crippen LogP contribution >= 0.6 is 15.9 Å². The largest absolute Gasteiger partial charge is 0.475 e. The molecule has 0 fully saturated rings. The minimum atomic E-state index is 0.537. The molecule has 0 aliphatic heterocycles. The van der Waals surface area contributed by atoms with Gasteiger partial charge >= 0.3 is 0 Å². The Morgan fingerprint density at radius 3 is 2.79 bits per heavy atom. The third kappa shape index (κ3) is 6.89. The Bertz CT molecular complexity index is 361. The van der Waals surface area contributed by atoms with Gasteiger partial charge in [-0.05, 0) is 41.4 Å². The topological polar surface area (TPSA) is 43.4 Å². The molecule has 0 spiro atoms. The minimum Gasteiger partial charge on any atom is -0.475 e. The Balaban J connectivity index is 2.45. The fourth-order valence-electron chi connectivity index (χ4n) is 1.57. The Morgan fingerprint density at radius 1 is 1.21 bits per heavy atom. The zero-order chi connectivity index (χ0) is 13.9. The lowest BCUT2D eigenvalue weighted by Crippen LogP contribution is -2.16. The summed E-state index contributed by atoms with van der Waals surface area (Å²) >= 11 is 3.44. The van der Waals surface area contributed by atoms with Crippen molar-refractivity contribution in [1.82, 2.24) is 10.3 Å². The molecular weight excluding hydrogens is 308 g/mol. The van der Waals surface area contributed by atoms with Crippen LogP contribution in [0.3, 0.4) is 0 Å². The van der Waals surface area contributed by atoms with Gasteiger partial charge in [0.25, 0.3) is 0 Å². The van der Waals surface area contributed by atoms with Crippen molar-refractivity contribution < 1.29 is 9.47 Å². The Hall–Kier alpha value is -0.650. The van der Waals surface area contributed by atoms with E-state index in [4.69, 9.17) is 9.47 Å². The number of hydrogen-bond donors (Lipinski definition) is 1. The molecule has 0 aliphatic carbocycles. The molecule has 0 unspecified atom stereocenters. The van der Waals surface area contributed by atoms with Crippen LogP contribution < -0.4 is 10.1 Å². The molecule has 5 heteroatoms. The molecule has 1 aromatic rings. The Kier molecular flexibility index (Phi) is 8.79. The number of aromatic nitrogens is 1. The fourth-order valence-corrected chi connectivity index (χ4v) is 1.95. The normalized spacial score (nSPS) is 10.7. The average molecular weight is 331 g/mol. The van der Waals surface area contributed by atoms with E-state index in [0.29, 0.717) is 19.1 Å². The number of pyridine rings is 1. The van der Waals surface area contributed by atoms with Crippen molar-refractivity contribution in [1.29, 1.82) is 0 Å². The Labute approximate surface area is 124 Å². The predicted molar refractivity (Wildman–Crippen MR) is 80.5 cm³/mol. The molecule has 0 saturated carbocycles. The molecule has 0 amide bonds. The average Bonchev–Trinajstić information content (AvgIpc) is 2.41. The highest BCUT2D eigenvalue weighted by Crippen LogP contribution is 2.19. The second kappa shape index (κ2) is 10.2. The van der Waals surface area contributed by atoms with Gasteiger partial charge in [0.2, 0.25) is 5.88 Å². The van der Waals surface area contributed by atoms with Crippen LogP contribution in [0.15, 0.2) is 16.7 Å². The molecular formula is C14H23BrN2O2. The van der Waals surface area contributed by atoms with Gasteiger partial charge in [0.05, 0.1) is 6.61 Å². The SMILES string of the molecule is CCCNCc1cc(Br)cnc1OCCOCCC. The van der Waals surface area contributed by atoms with E-state index in [1.54, 1.807) is 6.20 Å². The molecule has 0 aliphatic rings. The van der Waals surface area contributed by atoms with Gasteiger partial charge in [-0.3, -0.25) is 0 Å². The number of nitrogens with zero attached hydrogens (tertiary/aromatic N) is 1. The van der Waals surface area contributed by atoms with Gasteiger partial charge in [-0.2, -0.15) is 0 Å². The number of halogens is 1. The van der Waals surface area contributed by atoms with Crippen molar-refractivity contribution in [2.45, 2.75) is 33.2 Å². The highest BCUT2D eigenvalue weighted by atomic mass is 79.9. The summed E-state index contributed by atoms with van der Waals surface area (Å²) in [5.74, 6) is 0.687. The number of nitrogens with one attached hydrogen (secondary N) is 1. The highest BCUT2D eigenvalue weighted by molar-refractivity contribution is 9.10. The second-order valence-corrected chi connectivity index (χ2v) is 5.17. The highest BCUT2D eigenvalue weighted by Gasteiger charge is 2.06. The maximum Gasteiger partial charge on any atom is 0.217 e. The van der Waals surface area contributed by atoms with Gasteiger partial charge < -0.3 is 14.8 Å². The summed E-state index contributed by atoms with van der Waals surface area (Å²) in [5, 5.41) is 3.36. The standard InChI is InChI=1S/C14H23BrN2O2/c1-3-5-16-10-12-9-13(15)11-17-14(12)19-8-7-18-6-4-2/h9,11,16H,3-8,10H2,1-2H3. The molecule has 0 bridgehead atoms. The van der Waals surface area contributed by atoms with Crippen LogP contribution in [0, 0.1) is 0 Å². The van der Waals surface area contributed by atoms with E-state index in [1.165, 1.54) is 0 Å². The van der Waals surface area contributed by atoms with Crippen molar-refractivity contribution in [2.24, 2.45) is 0 Å². The fraction of sp³-hybridized carbons (Fsp3) is 0.643. The molecule has 1 aromatic heterocycles. The maximum absolute atomic E-state index is 5.67. The predicted octanol–water partition coefficient (Wildman–Crippen LogP) is 3.15. The number of rotatable bonds is 10. The zero-order valence-corrected chi connectivity index (χ0v) is 13.3. The van der Waals surface area contributed by atoms with Crippen molar-refractivity contribution in [3.8, 4) is 5.88 Å². The van der Waals surface area contributed by atoms with E-state index in [0.717, 1.165) is 42.6 Å². The summed E-state index contributed by atoms with van der Waals surface area (Å²) in [6, 6.07) is 2.04. The molecule has 0 atom stereocenters. The van der Waals surface area contributed by atoms with Crippen LogP contribution in [0.1, 0.15) is 32.3 Å². The van der Waals surface area contributed by atoms with Gasteiger partial charge in [0.15, 0.2) is 0 Å². The summed E-state index contributed by atoms with van der Waals surface area (Å²) < 4.78 is 12.0. The third-order valence-electron chi connectivity index (χ3n) is 2.45. The molecule has 0 aromatic carbocycles. The van der Waals surface area contributed by atoms with Gasteiger partial charge in [0.1, 0.15) is 6.61 Å². The molecule has 108 valence electrons. The summed E-state index contributed by atoms with van der Waals surface area (Å²) in [4.78, 5) is 4.31. The molecule has 0 saturated heterocycles. The van der Waals surface area contributed by atoms with E-state index < -0.39 is 0 Å². The third-order valence-corrected chi connectivity index (χ3v) is 2.88. The van der Waals surface area contributed by atoms with E-state index in [1.807, 2.05) is 6.07 Å². The monoisotopic (exact) mass is 330 g/mol. The quantitative estimate of drug-likeness (QED) is 0.669. The lowest BCUT2D eigenvalue weighted by atomic mass is 10.2. The van der Waals surface area contributed by atoms with Crippen LogP contribution in [-0.2, 0) is 11.3 Å². The van der Waals surface area contributed by atoms with Crippen molar-refractivity contribution in [2.75, 3.05) is 26.4 Å². The summed E-state index contributed by atoms with van der Waals surface area (Å²) in [6.07, 6.45) is 3.90. The maximum atomic E-state index is 5.67. The lowest BCUT2D eigenvalue weighted by molar-refractivity contribution is 0.0986. The molecule has 1 N–H and O–H groups in total. The molecule has 1 heterocycles. The van der Waals surface area contributed by atoms with E-state index >= 15 is 0 Å². The second-order valence-electron chi connectivity index (χ2n) is 4.26. The van der Waals surface area contributed by atoms with Gasteiger partial charge in [-0.25, -0.2) is 4.98 Å². The van der Waals surface area contributed by atoms with Crippen LogP contribution in [0.25, 0.3) is 0 Å². The minimum absolute atomic E-state index is 0.537. The Morgan fingerprint density at radius 2 is 2.05 bits per heavy atom. The van der Waals surface area contributed by atoms with E-state index in [2.05, 4.69) is 40.1 Å². The summed E-state index contributed by atoms with van der Waals surface area (Å²) in [5.41, 5.74) is 1.07. The first-order valence-corrected chi connectivity index (χ1v) is 7.62. The molecule has 19 heavy (non-hydrogen) atoms. The van der Waals surface area contributed by atoms with E-state index in [9.17, 15) is 0 Å². The first-order chi connectivity index (χ1) is 9.27. The zero-order valence-electron chi connectivity index (χ0n) is 11.7. The number of hydrogen-bond acceptors (Lipinski definition) is 4. The molecule has 1 rings (SSSR count). The van der Waals surface area contributed by atoms with Gasteiger partial charge in [0, 0.05) is 29.4 Å². The summed E-state index contributed by atoms with van der Waals surface area (Å²) in [6.45, 7) is 7.92. The summed E-state index contributed by atoms with van der Waals surface area (Å²) in [7, 11) is 0. The number of ether oxygens (including phenoxy) is 2. The van der Waals surface area contributed by atoms with Crippen molar-refractivity contribution >= 4 is 15.9 Å². The van der Waals surface area contributed by atoms with Crippen LogP contribution in [0.2, 0.25) is 0 Å². The lowest BCUT2D eigenvalue weighted by Gasteiger charge is -2.11. The van der Waals surface area contributed by atoms with Crippen LogP contribution in [-0.4, -0.2) is 31.3 Å². The molecule has 4 nitrogen and oxygen atoms in total.